The summed E-state index contributed by atoms with van der Waals surface area (Å²) in [4.78, 5) is 18.9. The number of oxazole rings is 1. The van der Waals surface area contributed by atoms with E-state index >= 15 is 0 Å². The Balaban J connectivity index is 1.55. The van der Waals surface area contributed by atoms with Gasteiger partial charge in [0.15, 0.2) is 5.69 Å². The molecule has 0 radical (unpaired) electrons. The second-order valence-corrected chi connectivity index (χ2v) is 5.94. The molecule has 1 N–H and O–H groups in total. The minimum Gasteiger partial charge on any atom is -0.444 e. The number of rotatable bonds is 7. The van der Waals surface area contributed by atoms with Gasteiger partial charge < -0.3 is 14.5 Å². The first-order valence-corrected chi connectivity index (χ1v) is 8.30. The normalized spacial score (nSPS) is 18.0. The molecule has 2 heterocycles. The minimum atomic E-state index is -0.195. The number of likely N-dealkylation sites (tertiary alicyclic amines) is 1. The summed E-state index contributed by atoms with van der Waals surface area (Å²) in [6, 6.07) is 9.92. The van der Waals surface area contributed by atoms with Gasteiger partial charge in [-0.3, -0.25) is 9.69 Å². The monoisotopic (exact) mass is 329 g/mol. The number of aromatic nitrogens is 1. The van der Waals surface area contributed by atoms with Crippen molar-refractivity contribution in [3.8, 4) is 11.5 Å². The number of carbonyl (C=O) groups excluding carboxylic acids is 1. The lowest BCUT2D eigenvalue weighted by molar-refractivity contribution is 0.0928. The molecule has 1 aromatic heterocycles. The van der Waals surface area contributed by atoms with Gasteiger partial charge in [0.2, 0.25) is 5.89 Å². The lowest BCUT2D eigenvalue weighted by Gasteiger charge is -2.24. The minimum absolute atomic E-state index is 0.195. The van der Waals surface area contributed by atoms with E-state index in [0.29, 0.717) is 30.8 Å². The third-order valence-corrected chi connectivity index (χ3v) is 4.34. The number of benzene rings is 1. The predicted octanol–water partition coefficient (Wildman–Crippen LogP) is 2.18. The molecule has 2 aromatic rings. The van der Waals surface area contributed by atoms with Crippen molar-refractivity contribution in [3.63, 3.8) is 0 Å². The molecular formula is C18H23N3O3. The third kappa shape index (κ3) is 4.01. The van der Waals surface area contributed by atoms with Gasteiger partial charge in [-0.1, -0.05) is 18.2 Å². The summed E-state index contributed by atoms with van der Waals surface area (Å²) in [5, 5.41) is 2.97. The summed E-state index contributed by atoms with van der Waals surface area (Å²) >= 11 is 0. The lowest BCUT2D eigenvalue weighted by atomic mass is 10.2. The molecule has 0 saturated carbocycles. The van der Waals surface area contributed by atoms with Gasteiger partial charge in [0.05, 0.1) is 6.61 Å². The van der Waals surface area contributed by atoms with E-state index in [4.69, 9.17) is 9.15 Å². The Morgan fingerprint density at radius 3 is 3.04 bits per heavy atom. The van der Waals surface area contributed by atoms with Gasteiger partial charge in [-0.05, 0) is 31.5 Å². The first-order chi connectivity index (χ1) is 11.8. The van der Waals surface area contributed by atoms with Crippen LogP contribution in [0.4, 0.5) is 0 Å². The number of carbonyl (C=O) groups is 1. The van der Waals surface area contributed by atoms with Gasteiger partial charge >= 0.3 is 0 Å². The Kier molecular flexibility index (Phi) is 5.61. The van der Waals surface area contributed by atoms with Crippen molar-refractivity contribution in [2.24, 2.45) is 0 Å². The standard InChI is InChI=1S/C18H23N3O3/c1-23-11-10-21-9-5-8-15(21)12-19-17(22)16-13-24-18(20-16)14-6-3-2-4-7-14/h2-4,6-7,13,15H,5,8-12H2,1H3,(H,19,22). The average molecular weight is 329 g/mol. The van der Waals surface area contributed by atoms with Crippen LogP contribution in [-0.2, 0) is 4.74 Å². The highest BCUT2D eigenvalue weighted by Gasteiger charge is 2.25. The molecule has 1 aromatic carbocycles. The molecule has 6 heteroatoms. The first kappa shape index (κ1) is 16.7. The van der Waals surface area contributed by atoms with Crippen LogP contribution in [0.1, 0.15) is 23.3 Å². The maximum absolute atomic E-state index is 12.3. The fourth-order valence-corrected chi connectivity index (χ4v) is 3.02. The summed E-state index contributed by atoms with van der Waals surface area (Å²) in [5.74, 6) is 0.267. The van der Waals surface area contributed by atoms with E-state index in [0.717, 1.165) is 31.5 Å². The van der Waals surface area contributed by atoms with Crippen molar-refractivity contribution in [2.75, 3.05) is 33.4 Å². The molecule has 0 spiro atoms. The molecule has 1 amide bonds. The van der Waals surface area contributed by atoms with Crippen molar-refractivity contribution in [1.29, 1.82) is 0 Å². The smallest absolute Gasteiger partial charge is 0.273 e. The topological polar surface area (TPSA) is 67.6 Å². The van der Waals surface area contributed by atoms with Crippen molar-refractivity contribution in [3.05, 3.63) is 42.3 Å². The molecule has 24 heavy (non-hydrogen) atoms. The SMILES string of the molecule is COCCN1CCCC1CNC(=O)c1coc(-c2ccccc2)n1. The maximum atomic E-state index is 12.3. The van der Waals surface area contributed by atoms with Crippen molar-refractivity contribution >= 4 is 5.91 Å². The Labute approximate surface area is 141 Å². The zero-order valence-corrected chi connectivity index (χ0v) is 13.9. The zero-order chi connectivity index (χ0) is 16.8. The summed E-state index contributed by atoms with van der Waals surface area (Å²) in [7, 11) is 1.71. The van der Waals surface area contributed by atoms with Crippen molar-refractivity contribution < 1.29 is 13.9 Å². The van der Waals surface area contributed by atoms with Gasteiger partial charge in [0.1, 0.15) is 6.26 Å². The summed E-state index contributed by atoms with van der Waals surface area (Å²) in [6.45, 7) is 3.30. The molecule has 1 aliphatic heterocycles. The zero-order valence-electron chi connectivity index (χ0n) is 13.9. The molecule has 1 aliphatic rings. The molecule has 1 saturated heterocycles. The van der Waals surface area contributed by atoms with E-state index in [-0.39, 0.29) is 5.91 Å². The number of methoxy groups -OCH3 is 1. The maximum Gasteiger partial charge on any atom is 0.273 e. The molecule has 128 valence electrons. The van der Waals surface area contributed by atoms with Crippen molar-refractivity contribution in [2.45, 2.75) is 18.9 Å². The van der Waals surface area contributed by atoms with Gasteiger partial charge in [0.25, 0.3) is 5.91 Å². The highest BCUT2D eigenvalue weighted by molar-refractivity contribution is 5.92. The Bertz CT molecular complexity index is 657. The highest BCUT2D eigenvalue weighted by atomic mass is 16.5. The van der Waals surface area contributed by atoms with Crippen LogP contribution in [0.25, 0.3) is 11.5 Å². The van der Waals surface area contributed by atoms with Gasteiger partial charge in [-0.15, -0.1) is 0 Å². The molecule has 1 atom stereocenters. The number of ether oxygens (including phenoxy) is 1. The van der Waals surface area contributed by atoms with E-state index in [2.05, 4.69) is 15.2 Å². The molecule has 3 rings (SSSR count). The summed E-state index contributed by atoms with van der Waals surface area (Å²) < 4.78 is 10.6. The number of hydrogen-bond donors (Lipinski definition) is 1. The van der Waals surface area contributed by atoms with Crippen LogP contribution in [0.5, 0.6) is 0 Å². The fourth-order valence-electron chi connectivity index (χ4n) is 3.02. The second kappa shape index (κ2) is 8.08. The quantitative estimate of drug-likeness (QED) is 0.843. The van der Waals surface area contributed by atoms with E-state index in [9.17, 15) is 4.79 Å². The Morgan fingerprint density at radius 1 is 1.42 bits per heavy atom. The van der Waals surface area contributed by atoms with Crippen LogP contribution < -0.4 is 5.32 Å². The van der Waals surface area contributed by atoms with Gasteiger partial charge in [0, 0.05) is 31.8 Å². The summed E-state index contributed by atoms with van der Waals surface area (Å²) in [5.41, 5.74) is 1.17. The summed E-state index contributed by atoms with van der Waals surface area (Å²) in [6.07, 6.45) is 3.67. The highest BCUT2D eigenvalue weighted by Crippen LogP contribution is 2.18. The average Bonchev–Trinajstić information content (AvgIpc) is 3.28. The predicted molar refractivity (Wildman–Crippen MR) is 90.7 cm³/mol. The van der Waals surface area contributed by atoms with Crippen LogP contribution in [0.2, 0.25) is 0 Å². The van der Waals surface area contributed by atoms with E-state index in [1.165, 1.54) is 6.26 Å². The largest absolute Gasteiger partial charge is 0.444 e. The van der Waals surface area contributed by atoms with Crippen LogP contribution in [0, 0.1) is 0 Å². The van der Waals surface area contributed by atoms with E-state index in [1.807, 2.05) is 30.3 Å². The van der Waals surface area contributed by atoms with Gasteiger partial charge in [-0.2, -0.15) is 0 Å². The van der Waals surface area contributed by atoms with Crippen LogP contribution in [-0.4, -0.2) is 55.2 Å². The molecule has 1 fully saturated rings. The van der Waals surface area contributed by atoms with Gasteiger partial charge in [-0.25, -0.2) is 4.98 Å². The number of nitrogens with zero attached hydrogens (tertiary/aromatic N) is 2. The Hall–Kier alpha value is -2.18. The van der Waals surface area contributed by atoms with Crippen LogP contribution >= 0.6 is 0 Å². The molecule has 0 aliphatic carbocycles. The molecular weight excluding hydrogens is 306 g/mol. The van der Waals surface area contributed by atoms with E-state index < -0.39 is 0 Å². The third-order valence-electron chi connectivity index (χ3n) is 4.34. The molecule has 1 unspecified atom stereocenters. The number of amides is 1. The van der Waals surface area contributed by atoms with Crippen molar-refractivity contribution in [1.82, 2.24) is 15.2 Å². The van der Waals surface area contributed by atoms with E-state index in [1.54, 1.807) is 7.11 Å². The fraction of sp³-hybridized carbons (Fsp3) is 0.444. The van der Waals surface area contributed by atoms with Crippen LogP contribution in [0.3, 0.4) is 0 Å². The lowest BCUT2D eigenvalue weighted by Crippen LogP contribution is -2.41. The number of nitrogens with one attached hydrogen (secondary N) is 1. The van der Waals surface area contributed by atoms with Crippen LogP contribution in [0.15, 0.2) is 41.0 Å². The molecule has 0 bridgehead atoms. The second-order valence-electron chi connectivity index (χ2n) is 5.94. The first-order valence-electron chi connectivity index (χ1n) is 8.30. The Morgan fingerprint density at radius 2 is 2.25 bits per heavy atom. The molecule has 6 nitrogen and oxygen atoms in total. The number of hydrogen-bond acceptors (Lipinski definition) is 5.